The van der Waals surface area contributed by atoms with Crippen molar-refractivity contribution in [3.8, 4) is 0 Å². The van der Waals surface area contributed by atoms with Crippen LogP contribution in [0.25, 0.3) is 0 Å². The molecule has 0 spiro atoms. The minimum absolute atomic E-state index is 0.0499. The van der Waals surface area contributed by atoms with E-state index >= 15 is 0 Å². The first kappa shape index (κ1) is 16.2. The van der Waals surface area contributed by atoms with E-state index in [1.807, 2.05) is 0 Å². The number of benzene rings is 1. The number of hydrogen-bond acceptors (Lipinski definition) is 6. The summed E-state index contributed by atoms with van der Waals surface area (Å²) >= 11 is 0. The van der Waals surface area contributed by atoms with Crippen LogP contribution in [0.3, 0.4) is 0 Å². The molecule has 2 rings (SSSR count). The fourth-order valence-electron chi connectivity index (χ4n) is 2.27. The summed E-state index contributed by atoms with van der Waals surface area (Å²) in [5.41, 5.74) is 5.55. The maximum absolute atomic E-state index is 12.0. The highest BCUT2D eigenvalue weighted by molar-refractivity contribution is 5.95. The van der Waals surface area contributed by atoms with Crippen LogP contribution in [0.5, 0.6) is 0 Å². The number of nitrogens with one attached hydrogen (secondary N) is 1. The molecule has 0 bridgehead atoms. The Morgan fingerprint density at radius 3 is 2.82 bits per heavy atom. The summed E-state index contributed by atoms with van der Waals surface area (Å²) < 4.78 is 5.27. The van der Waals surface area contributed by atoms with Gasteiger partial charge >= 0.3 is 0 Å². The van der Waals surface area contributed by atoms with Crippen molar-refractivity contribution in [2.75, 3.05) is 45.1 Å². The molecule has 1 saturated heterocycles. The van der Waals surface area contributed by atoms with E-state index in [1.165, 1.54) is 18.2 Å². The standard InChI is InChI=1S/C14H20N4O4/c15-12-3-2-11(10-13(12)18(20)21)14(19)16-4-1-5-17-6-8-22-9-7-17/h2-3,10H,1,4-9,15H2,(H,16,19). The first-order chi connectivity index (χ1) is 10.6. The Morgan fingerprint density at radius 1 is 1.41 bits per heavy atom. The number of carbonyl (C=O) groups excluding carboxylic acids is 1. The Morgan fingerprint density at radius 2 is 2.14 bits per heavy atom. The Balaban J connectivity index is 1.79. The summed E-state index contributed by atoms with van der Waals surface area (Å²) in [6, 6.07) is 4.06. The van der Waals surface area contributed by atoms with Crippen LogP contribution in [-0.4, -0.2) is 55.1 Å². The molecule has 0 radical (unpaired) electrons. The van der Waals surface area contributed by atoms with Crippen LogP contribution >= 0.6 is 0 Å². The second-order valence-corrected chi connectivity index (χ2v) is 5.09. The highest BCUT2D eigenvalue weighted by Crippen LogP contribution is 2.22. The molecular weight excluding hydrogens is 288 g/mol. The molecule has 120 valence electrons. The third-order valence-electron chi connectivity index (χ3n) is 3.53. The van der Waals surface area contributed by atoms with E-state index in [2.05, 4.69) is 10.2 Å². The summed E-state index contributed by atoms with van der Waals surface area (Å²) in [6.07, 6.45) is 0.822. The molecule has 8 nitrogen and oxygen atoms in total. The summed E-state index contributed by atoms with van der Waals surface area (Å²) in [5, 5.41) is 13.6. The number of nitrogen functional groups attached to an aromatic ring is 1. The van der Waals surface area contributed by atoms with E-state index in [4.69, 9.17) is 10.5 Å². The first-order valence-corrected chi connectivity index (χ1v) is 7.20. The van der Waals surface area contributed by atoms with Crippen molar-refractivity contribution in [2.24, 2.45) is 0 Å². The van der Waals surface area contributed by atoms with E-state index in [0.29, 0.717) is 6.54 Å². The monoisotopic (exact) mass is 308 g/mol. The molecule has 0 unspecified atom stereocenters. The van der Waals surface area contributed by atoms with Crippen molar-refractivity contribution in [1.29, 1.82) is 0 Å². The Hall–Kier alpha value is -2.19. The molecule has 0 aromatic heterocycles. The van der Waals surface area contributed by atoms with Crippen LogP contribution < -0.4 is 11.1 Å². The number of nitro groups is 1. The lowest BCUT2D eigenvalue weighted by Crippen LogP contribution is -2.38. The Bertz CT molecular complexity index is 544. The number of nitro benzene ring substituents is 1. The first-order valence-electron chi connectivity index (χ1n) is 7.20. The number of hydrogen-bond donors (Lipinski definition) is 2. The minimum Gasteiger partial charge on any atom is -0.393 e. The fraction of sp³-hybridized carbons (Fsp3) is 0.500. The van der Waals surface area contributed by atoms with Crippen molar-refractivity contribution in [3.63, 3.8) is 0 Å². The number of nitrogens with zero attached hydrogens (tertiary/aromatic N) is 2. The molecule has 1 aromatic carbocycles. The third kappa shape index (κ3) is 4.40. The van der Waals surface area contributed by atoms with Gasteiger partial charge in [-0.1, -0.05) is 0 Å². The lowest BCUT2D eigenvalue weighted by atomic mass is 10.1. The van der Waals surface area contributed by atoms with E-state index in [1.54, 1.807) is 0 Å². The molecule has 1 aromatic rings. The average Bonchev–Trinajstić information content (AvgIpc) is 2.52. The summed E-state index contributed by atoms with van der Waals surface area (Å²) in [6.45, 7) is 4.75. The molecule has 22 heavy (non-hydrogen) atoms. The highest BCUT2D eigenvalue weighted by atomic mass is 16.6. The predicted molar refractivity (Wildman–Crippen MR) is 81.7 cm³/mol. The second-order valence-electron chi connectivity index (χ2n) is 5.09. The quantitative estimate of drug-likeness (QED) is 0.345. The van der Waals surface area contributed by atoms with E-state index in [9.17, 15) is 14.9 Å². The topological polar surface area (TPSA) is 111 Å². The van der Waals surface area contributed by atoms with Crippen molar-refractivity contribution >= 4 is 17.3 Å². The maximum Gasteiger partial charge on any atom is 0.292 e. The molecule has 1 heterocycles. The van der Waals surface area contributed by atoms with Crippen LogP contribution in [-0.2, 0) is 4.74 Å². The lowest BCUT2D eigenvalue weighted by Gasteiger charge is -2.26. The molecule has 3 N–H and O–H groups in total. The minimum atomic E-state index is -0.593. The van der Waals surface area contributed by atoms with Crippen LogP contribution in [0, 0.1) is 10.1 Å². The van der Waals surface area contributed by atoms with Crippen LogP contribution in [0.15, 0.2) is 18.2 Å². The summed E-state index contributed by atoms with van der Waals surface area (Å²) in [5.74, 6) is -0.329. The van der Waals surface area contributed by atoms with Crippen LogP contribution in [0.4, 0.5) is 11.4 Å². The van der Waals surface area contributed by atoms with Crippen molar-refractivity contribution < 1.29 is 14.5 Å². The number of morpholine rings is 1. The van der Waals surface area contributed by atoms with Gasteiger partial charge in [0.15, 0.2) is 0 Å². The van der Waals surface area contributed by atoms with Gasteiger partial charge in [0.2, 0.25) is 0 Å². The largest absolute Gasteiger partial charge is 0.393 e. The van der Waals surface area contributed by atoms with Gasteiger partial charge in [-0.15, -0.1) is 0 Å². The molecule has 0 saturated carbocycles. The van der Waals surface area contributed by atoms with Gasteiger partial charge in [0.1, 0.15) is 5.69 Å². The number of amides is 1. The van der Waals surface area contributed by atoms with Crippen molar-refractivity contribution in [2.45, 2.75) is 6.42 Å². The SMILES string of the molecule is Nc1ccc(C(=O)NCCCN2CCOCC2)cc1[N+](=O)[O-]. The molecular formula is C14H20N4O4. The van der Waals surface area contributed by atoms with Gasteiger partial charge in [0.25, 0.3) is 11.6 Å². The molecule has 0 aliphatic carbocycles. The summed E-state index contributed by atoms with van der Waals surface area (Å²) in [4.78, 5) is 24.5. The van der Waals surface area contributed by atoms with E-state index in [0.717, 1.165) is 39.3 Å². The van der Waals surface area contributed by atoms with E-state index < -0.39 is 4.92 Å². The van der Waals surface area contributed by atoms with E-state index in [-0.39, 0.29) is 22.8 Å². The Kier molecular flexibility index (Phi) is 5.68. The van der Waals surface area contributed by atoms with Gasteiger partial charge in [-0.3, -0.25) is 19.8 Å². The molecule has 1 aliphatic heterocycles. The zero-order valence-corrected chi connectivity index (χ0v) is 12.3. The zero-order chi connectivity index (χ0) is 15.9. The molecule has 8 heteroatoms. The van der Waals surface area contributed by atoms with Gasteiger partial charge in [-0.25, -0.2) is 0 Å². The normalized spacial score (nSPS) is 15.5. The molecule has 1 amide bonds. The second kappa shape index (κ2) is 7.71. The molecule has 1 fully saturated rings. The molecule has 1 aliphatic rings. The maximum atomic E-state index is 12.0. The summed E-state index contributed by atoms with van der Waals surface area (Å²) in [7, 11) is 0. The van der Waals surface area contributed by atoms with Crippen molar-refractivity contribution in [1.82, 2.24) is 10.2 Å². The lowest BCUT2D eigenvalue weighted by molar-refractivity contribution is -0.383. The van der Waals surface area contributed by atoms with Crippen molar-refractivity contribution in [3.05, 3.63) is 33.9 Å². The molecule has 0 atom stereocenters. The number of ether oxygens (including phenoxy) is 1. The average molecular weight is 308 g/mol. The number of carbonyl (C=O) groups is 1. The third-order valence-corrected chi connectivity index (χ3v) is 3.53. The smallest absolute Gasteiger partial charge is 0.292 e. The van der Waals surface area contributed by atoms with Gasteiger partial charge < -0.3 is 15.8 Å². The van der Waals surface area contributed by atoms with Gasteiger partial charge in [-0.2, -0.15) is 0 Å². The number of anilines is 1. The van der Waals surface area contributed by atoms with Crippen LogP contribution in [0.2, 0.25) is 0 Å². The number of nitrogens with two attached hydrogens (primary N) is 1. The predicted octanol–water partition coefficient (Wildman–Crippen LogP) is 0.629. The highest BCUT2D eigenvalue weighted by Gasteiger charge is 2.15. The number of rotatable bonds is 6. The van der Waals surface area contributed by atoms with Gasteiger partial charge in [-0.05, 0) is 25.1 Å². The zero-order valence-electron chi connectivity index (χ0n) is 12.3. The van der Waals surface area contributed by atoms with Gasteiger partial charge in [0, 0.05) is 31.3 Å². The van der Waals surface area contributed by atoms with Gasteiger partial charge in [0.05, 0.1) is 18.1 Å². The Labute approximate surface area is 128 Å². The van der Waals surface area contributed by atoms with Crippen LogP contribution in [0.1, 0.15) is 16.8 Å². The fourth-order valence-corrected chi connectivity index (χ4v) is 2.27.